The minimum Gasteiger partial charge on any atom is -0.489 e. The molecule has 21 heavy (non-hydrogen) atoms. The van der Waals surface area contributed by atoms with Crippen molar-refractivity contribution < 1.29 is 4.74 Å². The van der Waals surface area contributed by atoms with E-state index < -0.39 is 0 Å². The second-order valence-corrected chi connectivity index (χ2v) is 6.35. The summed E-state index contributed by atoms with van der Waals surface area (Å²) in [4.78, 5) is 1.33. The summed E-state index contributed by atoms with van der Waals surface area (Å²) in [6, 6.07) is 15.9. The normalized spacial score (nSPS) is 11.0. The highest BCUT2D eigenvalue weighted by molar-refractivity contribution is 7.19. The zero-order valence-electron chi connectivity index (χ0n) is 11.7. The second kappa shape index (κ2) is 6.48. The Morgan fingerprint density at radius 2 is 1.86 bits per heavy atom. The van der Waals surface area contributed by atoms with Gasteiger partial charge in [0.15, 0.2) is 0 Å². The third-order valence-electron chi connectivity index (χ3n) is 3.32. The number of hydrogen-bond acceptors (Lipinski definition) is 3. The van der Waals surface area contributed by atoms with Crippen molar-refractivity contribution in [3.05, 3.63) is 64.0 Å². The molecule has 0 saturated carbocycles. The zero-order valence-corrected chi connectivity index (χ0v) is 13.3. The molecule has 1 heterocycles. The average molecular weight is 318 g/mol. The summed E-state index contributed by atoms with van der Waals surface area (Å²) in [7, 11) is 1.97. The van der Waals surface area contributed by atoms with Crippen LogP contribution in [0.25, 0.3) is 10.1 Å². The molecule has 0 aliphatic rings. The van der Waals surface area contributed by atoms with E-state index >= 15 is 0 Å². The summed E-state index contributed by atoms with van der Waals surface area (Å²) in [5.74, 6) is 0.838. The fraction of sp³-hybridized carbons (Fsp3) is 0.176. The number of ether oxygens (including phenoxy) is 1. The first-order valence-electron chi connectivity index (χ1n) is 6.80. The summed E-state index contributed by atoms with van der Waals surface area (Å²) in [6.45, 7) is 1.43. The molecular formula is C17H16ClNOS. The van der Waals surface area contributed by atoms with Crippen molar-refractivity contribution in [3.63, 3.8) is 0 Å². The van der Waals surface area contributed by atoms with Gasteiger partial charge in [-0.3, -0.25) is 0 Å². The van der Waals surface area contributed by atoms with Crippen molar-refractivity contribution >= 4 is 33.0 Å². The molecule has 0 aliphatic carbocycles. The van der Waals surface area contributed by atoms with E-state index in [9.17, 15) is 0 Å². The number of fused-ring (bicyclic) bond motifs is 1. The lowest BCUT2D eigenvalue weighted by Gasteiger charge is -2.08. The van der Waals surface area contributed by atoms with Gasteiger partial charge in [0.25, 0.3) is 0 Å². The molecule has 2 aromatic carbocycles. The molecule has 4 heteroatoms. The molecule has 0 unspecified atom stereocenters. The van der Waals surface area contributed by atoms with Gasteiger partial charge in [0.1, 0.15) is 12.4 Å². The van der Waals surface area contributed by atoms with Crippen LogP contribution in [-0.4, -0.2) is 7.05 Å². The summed E-state index contributed by atoms with van der Waals surface area (Å²) >= 11 is 7.72. The predicted molar refractivity (Wildman–Crippen MR) is 90.4 cm³/mol. The predicted octanol–water partition coefficient (Wildman–Crippen LogP) is 4.85. The summed E-state index contributed by atoms with van der Waals surface area (Å²) in [6.07, 6.45) is 0. The van der Waals surface area contributed by atoms with Crippen molar-refractivity contribution in [2.75, 3.05) is 7.05 Å². The van der Waals surface area contributed by atoms with Gasteiger partial charge in [0.05, 0.1) is 0 Å². The highest BCUT2D eigenvalue weighted by Crippen LogP contribution is 2.32. The van der Waals surface area contributed by atoms with E-state index in [4.69, 9.17) is 16.3 Å². The first-order chi connectivity index (χ1) is 10.3. The van der Waals surface area contributed by atoms with Gasteiger partial charge in [0.2, 0.25) is 0 Å². The van der Waals surface area contributed by atoms with Crippen LogP contribution < -0.4 is 10.1 Å². The average Bonchev–Trinajstić information content (AvgIpc) is 2.85. The van der Waals surface area contributed by atoms with Crippen LogP contribution in [-0.2, 0) is 13.2 Å². The van der Waals surface area contributed by atoms with Crippen molar-refractivity contribution in [1.82, 2.24) is 5.32 Å². The largest absolute Gasteiger partial charge is 0.489 e. The Morgan fingerprint density at radius 1 is 1.10 bits per heavy atom. The maximum absolute atomic E-state index is 5.92. The fourth-order valence-electron chi connectivity index (χ4n) is 2.30. The summed E-state index contributed by atoms with van der Waals surface area (Å²) in [5.41, 5.74) is 1.26. The lowest BCUT2D eigenvalue weighted by Crippen LogP contribution is -2.06. The van der Waals surface area contributed by atoms with E-state index in [0.717, 1.165) is 17.3 Å². The molecule has 0 amide bonds. The molecule has 3 aromatic rings. The molecule has 0 fully saturated rings. The van der Waals surface area contributed by atoms with Gasteiger partial charge in [-0.2, -0.15) is 0 Å². The number of rotatable bonds is 5. The van der Waals surface area contributed by atoms with E-state index in [1.165, 1.54) is 20.5 Å². The Balaban J connectivity index is 1.87. The van der Waals surface area contributed by atoms with Crippen LogP contribution in [0.15, 0.2) is 48.5 Å². The maximum atomic E-state index is 5.92. The first kappa shape index (κ1) is 14.4. The lowest BCUT2D eigenvalue weighted by molar-refractivity contribution is 0.307. The number of hydrogen-bond donors (Lipinski definition) is 1. The molecule has 0 radical (unpaired) electrons. The van der Waals surface area contributed by atoms with Gasteiger partial charge in [-0.25, -0.2) is 0 Å². The van der Waals surface area contributed by atoms with Gasteiger partial charge >= 0.3 is 0 Å². The highest BCUT2D eigenvalue weighted by atomic mass is 35.5. The molecule has 3 rings (SSSR count). The molecule has 1 N–H and O–H groups in total. The Bertz CT molecular complexity index is 736. The van der Waals surface area contributed by atoms with Crippen LogP contribution in [0.3, 0.4) is 0 Å². The van der Waals surface area contributed by atoms with E-state index in [1.54, 1.807) is 0 Å². The molecular weight excluding hydrogens is 302 g/mol. The fourth-order valence-corrected chi connectivity index (χ4v) is 3.65. The molecule has 0 bridgehead atoms. The quantitative estimate of drug-likeness (QED) is 0.726. The number of thiophene rings is 1. The Kier molecular flexibility index (Phi) is 4.44. The maximum Gasteiger partial charge on any atom is 0.119 e. The van der Waals surface area contributed by atoms with Crippen LogP contribution >= 0.6 is 22.9 Å². The smallest absolute Gasteiger partial charge is 0.119 e. The zero-order chi connectivity index (χ0) is 14.7. The number of nitrogens with one attached hydrogen (secondary N) is 1. The minimum absolute atomic E-state index is 0.572. The van der Waals surface area contributed by atoms with Crippen molar-refractivity contribution in [3.8, 4) is 5.75 Å². The van der Waals surface area contributed by atoms with Crippen molar-refractivity contribution in [2.45, 2.75) is 13.2 Å². The van der Waals surface area contributed by atoms with E-state index in [0.29, 0.717) is 6.61 Å². The lowest BCUT2D eigenvalue weighted by atomic mass is 10.1. The molecule has 2 nitrogen and oxygen atoms in total. The minimum atomic E-state index is 0.572. The molecule has 0 aliphatic heterocycles. The van der Waals surface area contributed by atoms with Crippen LogP contribution in [0.5, 0.6) is 5.75 Å². The molecule has 0 saturated heterocycles. The topological polar surface area (TPSA) is 21.3 Å². The third kappa shape index (κ3) is 3.21. The third-order valence-corrected chi connectivity index (χ3v) is 4.78. The van der Waals surface area contributed by atoms with E-state index in [-0.39, 0.29) is 0 Å². The molecule has 1 aromatic heterocycles. The Labute approximate surface area is 133 Å². The van der Waals surface area contributed by atoms with Gasteiger partial charge in [-0.15, -0.1) is 11.3 Å². The van der Waals surface area contributed by atoms with E-state index in [2.05, 4.69) is 29.6 Å². The van der Waals surface area contributed by atoms with E-state index in [1.807, 2.05) is 42.6 Å². The van der Waals surface area contributed by atoms with Crippen LogP contribution in [0, 0.1) is 0 Å². The van der Waals surface area contributed by atoms with Gasteiger partial charge < -0.3 is 10.1 Å². The monoisotopic (exact) mass is 317 g/mol. The first-order valence-corrected chi connectivity index (χ1v) is 7.99. The van der Waals surface area contributed by atoms with Gasteiger partial charge in [-0.1, -0.05) is 29.8 Å². The second-order valence-electron chi connectivity index (χ2n) is 4.77. The van der Waals surface area contributed by atoms with Gasteiger partial charge in [0, 0.05) is 26.7 Å². The standard InChI is InChI=1S/C17H16ClNOS/c1-19-10-17-15(14-4-2-3-5-16(14)21-17)11-20-13-8-6-12(18)7-9-13/h2-9,19H,10-11H2,1H3. The summed E-state index contributed by atoms with van der Waals surface area (Å²) in [5, 5.41) is 5.23. The Hall–Kier alpha value is -1.55. The van der Waals surface area contributed by atoms with Crippen LogP contribution in [0.2, 0.25) is 5.02 Å². The van der Waals surface area contributed by atoms with Gasteiger partial charge in [-0.05, 0) is 42.8 Å². The van der Waals surface area contributed by atoms with Crippen LogP contribution in [0.1, 0.15) is 10.4 Å². The molecule has 0 atom stereocenters. The van der Waals surface area contributed by atoms with Crippen molar-refractivity contribution in [2.24, 2.45) is 0 Å². The summed E-state index contributed by atoms with van der Waals surface area (Å²) < 4.78 is 7.22. The SMILES string of the molecule is CNCc1sc2ccccc2c1COc1ccc(Cl)cc1. The number of halogens is 1. The molecule has 108 valence electrons. The van der Waals surface area contributed by atoms with Crippen molar-refractivity contribution in [1.29, 1.82) is 0 Å². The Morgan fingerprint density at radius 3 is 2.62 bits per heavy atom. The molecule has 0 spiro atoms. The number of benzene rings is 2. The highest BCUT2D eigenvalue weighted by Gasteiger charge is 2.11. The van der Waals surface area contributed by atoms with Crippen LogP contribution in [0.4, 0.5) is 0 Å².